The number of sulfonamides is 1. The minimum atomic E-state index is -4.41. The Kier molecular flexibility index (Phi) is 6.58. The van der Waals surface area contributed by atoms with Gasteiger partial charge in [-0.1, -0.05) is 18.2 Å². The van der Waals surface area contributed by atoms with Crippen LogP contribution in [0.1, 0.15) is 12.5 Å². The Balaban J connectivity index is 2.49. The molecule has 0 aromatic heterocycles. The summed E-state index contributed by atoms with van der Waals surface area (Å²) in [6, 6.07) is 7.87. The van der Waals surface area contributed by atoms with E-state index in [0.717, 1.165) is 22.5 Å². The van der Waals surface area contributed by atoms with Crippen LogP contribution in [-0.2, 0) is 21.4 Å². The van der Waals surface area contributed by atoms with Gasteiger partial charge in [-0.3, -0.25) is 30.2 Å². The van der Waals surface area contributed by atoms with E-state index < -0.39 is 42.4 Å². The number of carbonyl (C=O) groups excluding carboxylic acids is 1. The molecular formula is C16H16N4O8S. The van der Waals surface area contributed by atoms with Gasteiger partial charge in [0.25, 0.3) is 17.3 Å². The number of hydrogen-bond donors (Lipinski definition) is 2. The zero-order chi connectivity index (χ0) is 21.8. The fourth-order valence-corrected chi connectivity index (χ4v) is 4.07. The maximum Gasteiger partial charge on any atom is 0.270 e. The molecule has 2 aromatic carbocycles. The first kappa shape index (κ1) is 21.9. The third-order valence-corrected chi connectivity index (χ3v) is 5.95. The topological polar surface area (TPSA) is 173 Å². The van der Waals surface area contributed by atoms with E-state index in [0.29, 0.717) is 5.56 Å². The van der Waals surface area contributed by atoms with Gasteiger partial charge in [0, 0.05) is 30.8 Å². The van der Waals surface area contributed by atoms with Gasteiger partial charge >= 0.3 is 0 Å². The zero-order valence-corrected chi connectivity index (χ0v) is 15.8. The third kappa shape index (κ3) is 4.90. The minimum Gasteiger partial charge on any atom is -0.289 e. The quantitative estimate of drug-likeness (QED) is 0.365. The van der Waals surface area contributed by atoms with Gasteiger partial charge in [0.15, 0.2) is 0 Å². The molecule has 0 aliphatic heterocycles. The van der Waals surface area contributed by atoms with Gasteiger partial charge in [-0.05, 0) is 18.6 Å². The lowest BCUT2D eigenvalue weighted by Gasteiger charge is -2.27. The van der Waals surface area contributed by atoms with Gasteiger partial charge in [0.1, 0.15) is 6.04 Å². The fourth-order valence-electron chi connectivity index (χ4n) is 2.45. The molecule has 2 rings (SSSR count). The first-order valence-electron chi connectivity index (χ1n) is 8.01. The molecule has 0 saturated heterocycles. The van der Waals surface area contributed by atoms with E-state index >= 15 is 0 Å². The van der Waals surface area contributed by atoms with Gasteiger partial charge in [-0.15, -0.1) is 0 Å². The molecule has 0 unspecified atom stereocenters. The van der Waals surface area contributed by atoms with Gasteiger partial charge in [0.05, 0.1) is 14.7 Å². The number of nitrogens with zero attached hydrogens (tertiary/aromatic N) is 3. The molecule has 12 nitrogen and oxygen atoms in total. The molecule has 0 radical (unpaired) electrons. The number of rotatable bonds is 8. The molecule has 0 saturated carbocycles. The van der Waals surface area contributed by atoms with Crippen LogP contribution in [0.2, 0.25) is 0 Å². The summed E-state index contributed by atoms with van der Waals surface area (Å²) in [6.07, 6.45) is 0. The summed E-state index contributed by atoms with van der Waals surface area (Å²) in [6.45, 7) is 0.837. The SMILES string of the molecule is C[C@@H](C(=O)NO)N(Cc1ccc([N+](=O)[O-])cc1)S(=O)(=O)c1cccc([N+](=O)[O-])c1. The molecule has 154 valence electrons. The number of carbonyl (C=O) groups is 1. The highest BCUT2D eigenvalue weighted by Crippen LogP contribution is 2.25. The van der Waals surface area contributed by atoms with Crippen molar-refractivity contribution in [2.45, 2.75) is 24.4 Å². The van der Waals surface area contributed by atoms with Crippen molar-refractivity contribution in [1.29, 1.82) is 0 Å². The van der Waals surface area contributed by atoms with Gasteiger partial charge in [-0.25, -0.2) is 13.9 Å². The summed E-state index contributed by atoms with van der Waals surface area (Å²) >= 11 is 0. The number of nitrogens with one attached hydrogen (secondary N) is 1. The highest BCUT2D eigenvalue weighted by atomic mass is 32.2. The molecule has 1 atom stereocenters. The van der Waals surface area contributed by atoms with Crippen LogP contribution in [0.5, 0.6) is 0 Å². The van der Waals surface area contributed by atoms with Crippen LogP contribution in [0.15, 0.2) is 53.4 Å². The van der Waals surface area contributed by atoms with Crippen molar-refractivity contribution in [1.82, 2.24) is 9.79 Å². The number of non-ortho nitro benzene ring substituents is 2. The van der Waals surface area contributed by atoms with E-state index in [-0.39, 0.29) is 12.2 Å². The summed E-state index contributed by atoms with van der Waals surface area (Å²) < 4.78 is 26.9. The van der Waals surface area contributed by atoms with E-state index in [1.54, 1.807) is 0 Å². The predicted octanol–water partition coefficient (Wildman–Crippen LogP) is 1.59. The lowest BCUT2D eigenvalue weighted by atomic mass is 10.2. The second-order valence-corrected chi connectivity index (χ2v) is 7.77. The van der Waals surface area contributed by atoms with Crippen LogP contribution in [0.25, 0.3) is 0 Å². The van der Waals surface area contributed by atoms with Crippen molar-refractivity contribution in [2.24, 2.45) is 0 Å². The lowest BCUT2D eigenvalue weighted by molar-refractivity contribution is -0.385. The second-order valence-electron chi connectivity index (χ2n) is 5.88. The average molecular weight is 424 g/mol. The lowest BCUT2D eigenvalue weighted by Crippen LogP contribution is -2.46. The minimum absolute atomic E-state index is 0.206. The Morgan fingerprint density at radius 3 is 2.21 bits per heavy atom. The molecule has 29 heavy (non-hydrogen) atoms. The molecule has 0 bridgehead atoms. The van der Waals surface area contributed by atoms with Crippen LogP contribution in [0, 0.1) is 20.2 Å². The highest BCUT2D eigenvalue weighted by molar-refractivity contribution is 7.89. The van der Waals surface area contributed by atoms with Crippen LogP contribution >= 0.6 is 0 Å². The van der Waals surface area contributed by atoms with Crippen LogP contribution in [0.3, 0.4) is 0 Å². The standard InChI is InChI=1S/C16H16N4O8S/c1-11(16(21)17-22)18(10-12-5-7-13(8-6-12)19(23)24)29(27,28)15-4-2-3-14(9-15)20(25)26/h2-9,11,22H,10H2,1H3,(H,17,21)/t11-/m0/s1. The van der Waals surface area contributed by atoms with Gasteiger partial charge < -0.3 is 0 Å². The Morgan fingerprint density at radius 2 is 1.69 bits per heavy atom. The van der Waals surface area contributed by atoms with Crippen LogP contribution < -0.4 is 5.48 Å². The zero-order valence-electron chi connectivity index (χ0n) is 15.0. The molecular weight excluding hydrogens is 408 g/mol. The summed E-state index contributed by atoms with van der Waals surface area (Å²) in [5.74, 6) is -1.03. The Morgan fingerprint density at radius 1 is 1.10 bits per heavy atom. The third-order valence-electron chi connectivity index (χ3n) is 4.04. The Bertz CT molecular complexity index is 1040. The summed E-state index contributed by atoms with van der Waals surface area (Å²) in [5.41, 5.74) is 1.02. The number of nitro groups is 2. The van der Waals surface area contributed by atoms with E-state index in [9.17, 15) is 33.4 Å². The summed E-state index contributed by atoms with van der Waals surface area (Å²) in [7, 11) is -4.41. The maximum absolute atomic E-state index is 13.1. The predicted molar refractivity (Wildman–Crippen MR) is 98.3 cm³/mol. The van der Waals surface area contributed by atoms with Gasteiger partial charge in [-0.2, -0.15) is 4.31 Å². The number of benzene rings is 2. The molecule has 2 aromatic rings. The highest BCUT2D eigenvalue weighted by Gasteiger charge is 2.34. The monoisotopic (exact) mass is 424 g/mol. The maximum atomic E-state index is 13.1. The number of hydrogen-bond acceptors (Lipinski definition) is 8. The molecule has 2 N–H and O–H groups in total. The van der Waals surface area contributed by atoms with E-state index in [2.05, 4.69) is 0 Å². The van der Waals surface area contributed by atoms with Crippen molar-refractivity contribution in [3.8, 4) is 0 Å². The molecule has 0 aliphatic rings. The first-order chi connectivity index (χ1) is 13.6. The summed E-state index contributed by atoms with van der Waals surface area (Å²) in [5, 5.41) is 30.6. The molecule has 0 heterocycles. The van der Waals surface area contributed by atoms with Crippen molar-refractivity contribution >= 4 is 27.3 Å². The fraction of sp³-hybridized carbons (Fsp3) is 0.188. The number of amides is 1. The van der Waals surface area contributed by atoms with Crippen molar-refractivity contribution < 1.29 is 28.3 Å². The molecule has 0 aliphatic carbocycles. The molecule has 0 spiro atoms. The first-order valence-corrected chi connectivity index (χ1v) is 9.45. The largest absolute Gasteiger partial charge is 0.289 e. The van der Waals surface area contributed by atoms with E-state index in [4.69, 9.17) is 5.21 Å². The Hall–Kier alpha value is -3.42. The van der Waals surface area contributed by atoms with Crippen molar-refractivity contribution in [3.63, 3.8) is 0 Å². The van der Waals surface area contributed by atoms with Crippen LogP contribution in [0.4, 0.5) is 11.4 Å². The Labute approximate surface area is 164 Å². The molecule has 13 heteroatoms. The summed E-state index contributed by atoms with van der Waals surface area (Å²) in [4.78, 5) is 31.8. The smallest absolute Gasteiger partial charge is 0.270 e. The van der Waals surface area contributed by atoms with E-state index in [1.807, 2.05) is 0 Å². The van der Waals surface area contributed by atoms with E-state index in [1.165, 1.54) is 42.7 Å². The van der Waals surface area contributed by atoms with Crippen LogP contribution in [-0.4, -0.2) is 39.7 Å². The number of hydroxylamine groups is 1. The second kappa shape index (κ2) is 8.72. The molecule has 0 fully saturated rings. The number of nitro benzene ring substituents is 2. The average Bonchev–Trinajstić information content (AvgIpc) is 2.71. The normalized spacial score (nSPS) is 12.4. The van der Waals surface area contributed by atoms with Crippen molar-refractivity contribution in [2.75, 3.05) is 0 Å². The van der Waals surface area contributed by atoms with Gasteiger partial charge in [0.2, 0.25) is 10.0 Å². The molecule has 1 amide bonds. The van der Waals surface area contributed by atoms with Crippen molar-refractivity contribution in [3.05, 3.63) is 74.3 Å².